The van der Waals surface area contributed by atoms with Crippen LogP contribution in [0.5, 0.6) is 5.75 Å². The van der Waals surface area contributed by atoms with Gasteiger partial charge in [0.1, 0.15) is 21.3 Å². The van der Waals surface area contributed by atoms with Gasteiger partial charge < -0.3 is 14.0 Å². The lowest BCUT2D eigenvalue weighted by molar-refractivity contribution is -0.000518. The number of halogens is 1. The Labute approximate surface area is 176 Å². The van der Waals surface area contributed by atoms with Gasteiger partial charge in [0.15, 0.2) is 11.6 Å². The topological polar surface area (TPSA) is 78.6 Å². The Hall–Kier alpha value is -1.93. The Balaban J connectivity index is 1.32. The Morgan fingerprint density at radius 3 is 2.77 bits per heavy atom. The van der Waals surface area contributed by atoms with Crippen molar-refractivity contribution in [3.63, 3.8) is 0 Å². The molecule has 1 saturated heterocycles. The van der Waals surface area contributed by atoms with Gasteiger partial charge in [-0.1, -0.05) is 5.16 Å². The molecule has 2 unspecified atom stereocenters. The van der Waals surface area contributed by atoms with Crippen LogP contribution in [0.4, 0.5) is 4.39 Å². The van der Waals surface area contributed by atoms with Gasteiger partial charge in [-0.3, -0.25) is 0 Å². The molecule has 1 aliphatic heterocycles. The molecule has 6 nitrogen and oxygen atoms in total. The maximum atomic E-state index is 14.5. The first-order valence-electron chi connectivity index (χ1n) is 10.4. The van der Waals surface area contributed by atoms with Crippen LogP contribution in [0.2, 0.25) is 0 Å². The first-order valence-corrected chi connectivity index (χ1v) is 12.5. The van der Waals surface area contributed by atoms with E-state index in [0.717, 1.165) is 25.9 Å². The molecule has 0 N–H and O–H groups in total. The van der Waals surface area contributed by atoms with Crippen molar-refractivity contribution in [2.24, 2.45) is 23.7 Å². The molecule has 1 aliphatic carbocycles. The second-order valence-corrected chi connectivity index (χ2v) is 10.8. The predicted octanol–water partition coefficient (Wildman–Crippen LogP) is 3.89. The molecule has 1 aromatic heterocycles. The molecule has 4 atom stereocenters. The van der Waals surface area contributed by atoms with Gasteiger partial charge in [0.2, 0.25) is 0 Å². The van der Waals surface area contributed by atoms with Crippen LogP contribution < -0.4 is 4.74 Å². The zero-order chi connectivity index (χ0) is 21.3. The van der Waals surface area contributed by atoms with E-state index in [2.05, 4.69) is 5.16 Å². The summed E-state index contributed by atoms with van der Waals surface area (Å²) in [4.78, 5) is 0. The highest BCUT2D eigenvalue weighted by molar-refractivity contribution is 7.90. The largest absolute Gasteiger partial charge is 0.491 e. The van der Waals surface area contributed by atoms with E-state index in [4.69, 9.17) is 14.0 Å². The molecule has 0 spiro atoms. The Morgan fingerprint density at radius 2 is 2.07 bits per heavy atom. The van der Waals surface area contributed by atoms with Crippen molar-refractivity contribution in [1.82, 2.24) is 5.16 Å². The van der Waals surface area contributed by atoms with Crippen molar-refractivity contribution in [2.75, 3.05) is 31.8 Å². The smallest absolute Gasteiger partial charge is 0.165 e. The molecule has 1 aromatic carbocycles. The minimum Gasteiger partial charge on any atom is -0.491 e. The van der Waals surface area contributed by atoms with Crippen LogP contribution in [0.25, 0.3) is 11.3 Å². The number of ether oxygens (including phenoxy) is 2. The molecule has 0 amide bonds. The maximum absolute atomic E-state index is 14.5. The van der Waals surface area contributed by atoms with E-state index in [1.165, 1.54) is 12.3 Å². The Bertz CT molecular complexity index is 989. The molecule has 0 radical (unpaired) electrons. The molecular formula is C22H28FNO5S. The average Bonchev–Trinajstić information content (AvgIpc) is 3.28. The van der Waals surface area contributed by atoms with Gasteiger partial charge in [0.05, 0.1) is 12.4 Å². The van der Waals surface area contributed by atoms with Crippen molar-refractivity contribution in [1.29, 1.82) is 0 Å². The highest BCUT2D eigenvalue weighted by Gasteiger charge is 2.47. The number of hydrogen-bond donors (Lipinski definition) is 0. The van der Waals surface area contributed by atoms with Crippen LogP contribution in [-0.4, -0.2) is 45.4 Å². The highest BCUT2D eigenvalue weighted by Crippen LogP contribution is 2.50. The fraction of sp³-hybridized carbons (Fsp3) is 0.591. The summed E-state index contributed by atoms with van der Waals surface area (Å²) >= 11 is 0. The number of hydrogen-bond acceptors (Lipinski definition) is 6. The van der Waals surface area contributed by atoms with Crippen molar-refractivity contribution >= 4 is 9.84 Å². The fourth-order valence-electron chi connectivity index (χ4n) is 4.65. The number of benzene rings is 1. The monoisotopic (exact) mass is 437 g/mol. The second-order valence-electron chi connectivity index (χ2n) is 8.64. The first kappa shape index (κ1) is 21.3. The summed E-state index contributed by atoms with van der Waals surface area (Å²) < 4.78 is 54.0. The lowest BCUT2D eigenvalue weighted by Gasteiger charge is -2.32. The summed E-state index contributed by atoms with van der Waals surface area (Å²) in [7, 11) is -2.94. The first-order chi connectivity index (χ1) is 14.3. The molecular weight excluding hydrogens is 409 g/mol. The molecule has 4 rings (SSSR count). The SMILES string of the molecule is Cc1cc(-c2ccc(OCCC3COCC[C@@H]3C3C[C@H]3CS(C)(=O)=O)c(F)c2)no1. The minimum absolute atomic E-state index is 0.216. The number of aryl methyl sites for hydroxylation is 1. The lowest BCUT2D eigenvalue weighted by Crippen LogP contribution is -2.31. The van der Waals surface area contributed by atoms with Gasteiger partial charge >= 0.3 is 0 Å². The highest BCUT2D eigenvalue weighted by atomic mass is 32.2. The van der Waals surface area contributed by atoms with Crippen LogP contribution in [-0.2, 0) is 14.6 Å². The maximum Gasteiger partial charge on any atom is 0.165 e. The minimum atomic E-state index is -2.94. The third-order valence-corrected chi connectivity index (χ3v) is 7.21. The van der Waals surface area contributed by atoms with E-state index < -0.39 is 15.7 Å². The third-order valence-electron chi connectivity index (χ3n) is 6.18. The average molecular weight is 438 g/mol. The van der Waals surface area contributed by atoms with E-state index in [-0.39, 0.29) is 17.4 Å². The molecule has 0 bridgehead atoms. The Morgan fingerprint density at radius 1 is 1.23 bits per heavy atom. The Kier molecular flexibility index (Phi) is 6.16. The molecule has 164 valence electrons. The summed E-state index contributed by atoms with van der Waals surface area (Å²) in [5.74, 6) is 2.23. The van der Waals surface area contributed by atoms with Crippen LogP contribution >= 0.6 is 0 Å². The fourth-order valence-corrected chi connectivity index (χ4v) is 5.81. The summed E-state index contributed by atoms with van der Waals surface area (Å²) in [6.07, 6.45) is 4.00. The summed E-state index contributed by atoms with van der Waals surface area (Å²) in [5.41, 5.74) is 1.23. The quantitative estimate of drug-likeness (QED) is 0.623. The van der Waals surface area contributed by atoms with Gasteiger partial charge in [0.25, 0.3) is 0 Å². The van der Waals surface area contributed by atoms with Crippen LogP contribution in [0.15, 0.2) is 28.8 Å². The predicted molar refractivity (Wildman–Crippen MR) is 110 cm³/mol. The van der Waals surface area contributed by atoms with E-state index in [9.17, 15) is 12.8 Å². The second kappa shape index (κ2) is 8.67. The van der Waals surface area contributed by atoms with E-state index in [1.807, 2.05) is 0 Å². The van der Waals surface area contributed by atoms with Crippen LogP contribution in [0.3, 0.4) is 0 Å². The standard InChI is InChI=1S/C22H28FNO5S/c1-14-9-21(24-29-14)15-3-4-22(20(23)11-15)28-8-5-16-12-27-7-6-18(16)19-10-17(19)13-30(2,25)26/h3-4,9,11,16-19H,5-8,10,12-13H2,1-2H3/t16?,17-,18-,19?/m0/s1. The van der Waals surface area contributed by atoms with Gasteiger partial charge in [-0.05, 0) is 68.1 Å². The molecule has 8 heteroatoms. The number of nitrogens with zero attached hydrogens (tertiary/aromatic N) is 1. The van der Waals surface area contributed by atoms with Crippen LogP contribution in [0.1, 0.15) is 25.0 Å². The van der Waals surface area contributed by atoms with E-state index in [1.54, 1.807) is 25.1 Å². The van der Waals surface area contributed by atoms with Crippen molar-refractivity contribution in [2.45, 2.75) is 26.2 Å². The zero-order valence-corrected chi connectivity index (χ0v) is 18.2. The molecule has 30 heavy (non-hydrogen) atoms. The van der Waals surface area contributed by atoms with Crippen LogP contribution in [0, 0.1) is 36.4 Å². The lowest BCUT2D eigenvalue weighted by atomic mass is 9.82. The van der Waals surface area contributed by atoms with Gasteiger partial charge in [-0.15, -0.1) is 0 Å². The molecule has 2 aromatic rings. The van der Waals surface area contributed by atoms with Crippen molar-refractivity contribution < 1.29 is 26.8 Å². The zero-order valence-electron chi connectivity index (χ0n) is 17.3. The number of rotatable bonds is 8. The van der Waals surface area contributed by atoms with Crippen molar-refractivity contribution in [3.8, 4) is 17.0 Å². The third kappa shape index (κ3) is 5.21. The summed E-state index contributed by atoms with van der Waals surface area (Å²) in [6, 6.07) is 6.54. The molecule has 2 aliphatic rings. The normalized spacial score (nSPS) is 26.5. The van der Waals surface area contributed by atoms with Gasteiger partial charge in [-0.2, -0.15) is 0 Å². The van der Waals surface area contributed by atoms with E-state index >= 15 is 0 Å². The van der Waals surface area contributed by atoms with E-state index in [0.29, 0.717) is 48.0 Å². The summed E-state index contributed by atoms with van der Waals surface area (Å²) in [5, 5.41) is 3.91. The molecule has 2 fully saturated rings. The van der Waals surface area contributed by atoms with Gasteiger partial charge in [0, 0.05) is 31.1 Å². The van der Waals surface area contributed by atoms with Crippen molar-refractivity contribution in [3.05, 3.63) is 35.8 Å². The molecule has 1 saturated carbocycles. The van der Waals surface area contributed by atoms with Gasteiger partial charge in [-0.25, -0.2) is 12.8 Å². The molecule has 2 heterocycles. The number of aromatic nitrogens is 1. The summed E-state index contributed by atoms with van der Waals surface area (Å²) in [6.45, 7) is 3.57. The number of sulfone groups is 1.